The molecule has 0 atom stereocenters. The highest BCUT2D eigenvalue weighted by molar-refractivity contribution is 7.12. The summed E-state index contributed by atoms with van der Waals surface area (Å²) in [5.74, 6) is 0.331. The van der Waals surface area contributed by atoms with Crippen molar-refractivity contribution in [1.82, 2.24) is 14.8 Å². The molecule has 2 aromatic rings. The van der Waals surface area contributed by atoms with Gasteiger partial charge in [-0.3, -0.25) is 0 Å². The number of nitrogens with zero attached hydrogens (tertiary/aromatic N) is 4. The van der Waals surface area contributed by atoms with Crippen LogP contribution in [0.4, 0.5) is 5.82 Å². The smallest absolute Gasteiger partial charge is 0.212 e. The predicted octanol–water partition coefficient (Wildman–Crippen LogP) is 0.783. The lowest BCUT2D eigenvalue weighted by atomic mass is 10.4. The van der Waals surface area contributed by atoms with Crippen molar-refractivity contribution in [3.63, 3.8) is 0 Å². The first-order valence-electron chi connectivity index (χ1n) is 3.46. The summed E-state index contributed by atoms with van der Waals surface area (Å²) >= 11 is 1.41. The van der Waals surface area contributed by atoms with Gasteiger partial charge in [-0.1, -0.05) is 0 Å². The molecule has 0 saturated carbocycles. The van der Waals surface area contributed by atoms with Crippen LogP contribution in [-0.4, -0.2) is 14.8 Å². The number of rotatable bonds is 1. The Bertz CT molecular complexity index is 450. The fourth-order valence-corrected chi connectivity index (χ4v) is 1.53. The van der Waals surface area contributed by atoms with Gasteiger partial charge in [0.2, 0.25) is 5.13 Å². The van der Waals surface area contributed by atoms with Gasteiger partial charge in [0, 0.05) is 11.6 Å². The molecule has 0 aliphatic rings. The van der Waals surface area contributed by atoms with Crippen LogP contribution in [0.2, 0.25) is 0 Å². The topological polar surface area (TPSA) is 80.5 Å². The van der Waals surface area contributed by atoms with E-state index < -0.39 is 0 Å². The number of hydrogen-bond acceptors (Lipinski definition) is 5. The third-order valence-electron chi connectivity index (χ3n) is 1.53. The van der Waals surface area contributed by atoms with E-state index in [9.17, 15) is 0 Å². The lowest BCUT2D eigenvalue weighted by Crippen LogP contribution is -2.01. The third-order valence-corrected chi connectivity index (χ3v) is 2.27. The normalized spacial score (nSPS) is 9.77. The number of thiazole rings is 1. The molecule has 0 radical (unpaired) electrons. The molecule has 0 aliphatic carbocycles. The Morgan fingerprint density at radius 3 is 3.00 bits per heavy atom. The number of aromatic nitrogens is 3. The zero-order chi connectivity index (χ0) is 9.26. The number of hydrogen-bond donors (Lipinski definition) is 1. The second-order valence-corrected chi connectivity index (χ2v) is 3.15. The fourth-order valence-electron chi connectivity index (χ4n) is 0.917. The average Bonchev–Trinajstić information content (AvgIpc) is 2.72. The van der Waals surface area contributed by atoms with E-state index in [4.69, 9.17) is 11.0 Å². The van der Waals surface area contributed by atoms with Gasteiger partial charge in [0.1, 0.15) is 17.5 Å². The highest BCUT2D eigenvalue weighted by atomic mass is 32.1. The molecule has 0 aliphatic heterocycles. The van der Waals surface area contributed by atoms with Crippen LogP contribution in [-0.2, 0) is 0 Å². The van der Waals surface area contributed by atoms with Gasteiger partial charge in [-0.25, -0.2) is 4.98 Å². The first kappa shape index (κ1) is 7.76. The molecule has 0 saturated heterocycles. The minimum atomic E-state index is 0.331. The zero-order valence-electron chi connectivity index (χ0n) is 6.51. The van der Waals surface area contributed by atoms with Gasteiger partial charge in [-0.2, -0.15) is 15.0 Å². The number of anilines is 1. The Balaban J connectivity index is 2.55. The van der Waals surface area contributed by atoms with Crippen molar-refractivity contribution < 1.29 is 0 Å². The Morgan fingerprint density at radius 1 is 1.62 bits per heavy atom. The van der Waals surface area contributed by atoms with E-state index in [1.807, 2.05) is 11.4 Å². The van der Waals surface area contributed by atoms with Crippen molar-refractivity contribution in [2.45, 2.75) is 0 Å². The Kier molecular flexibility index (Phi) is 1.72. The molecule has 0 fully saturated rings. The van der Waals surface area contributed by atoms with Crippen LogP contribution in [0.25, 0.3) is 5.13 Å². The van der Waals surface area contributed by atoms with Crippen molar-refractivity contribution in [2.75, 3.05) is 5.73 Å². The largest absolute Gasteiger partial charge is 0.382 e. The molecule has 2 heterocycles. The predicted molar refractivity (Wildman–Crippen MR) is 48.4 cm³/mol. The van der Waals surface area contributed by atoms with Crippen molar-refractivity contribution in [1.29, 1.82) is 5.26 Å². The maximum Gasteiger partial charge on any atom is 0.212 e. The first-order chi connectivity index (χ1) is 6.33. The van der Waals surface area contributed by atoms with E-state index >= 15 is 0 Å². The molecule has 2 rings (SSSR count). The molecule has 13 heavy (non-hydrogen) atoms. The summed E-state index contributed by atoms with van der Waals surface area (Å²) in [6.07, 6.45) is 3.09. The highest BCUT2D eigenvalue weighted by Crippen LogP contribution is 2.17. The van der Waals surface area contributed by atoms with Crippen LogP contribution in [0.1, 0.15) is 5.56 Å². The maximum absolute atomic E-state index is 8.63. The summed E-state index contributed by atoms with van der Waals surface area (Å²) in [6.45, 7) is 0. The monoisotopic (exact) mass is 191 g/mol. The standard InChI is InChI=1S/C7H5N5S/c8-3-5-4-11-12(6(5)9)7-10-1-2-13-7/h1-2,4H,9H2. The second kappa shape index (κ2) is 2.88. The maximum atomic E-state index is 8.63. The van der Waals surface area contributed by atoms with Crippen LogP contribution in [0.5, 0.6) is 0 Å². The van der Waals surface area contributed by atoms with Crippen LogP contribution in [0.3, 0.4) is 0 Å². The van der Waals surface area contributed by atoms with Crippen LogP contribution in [0.15, 0.2) is 17.8 Å². The Labute approximate surface area is 78.1 Å². The van der Waals surface area contributed by atoms with Crippen LogP contribution in [0, 0.1) is 11.3 Å². The van der Waals surface area contributed by atoms with Gasteiger partial charge in [-0.05, 0) is 0 Å². The molecule has 2 aromatic heterocycles. The summed E-state index contributed by atoms with van der Waals surface area (Å²) in [7, 11) is 0. The van der Waals surface area contributed by atoms with E-state index in [1.165, 1.54) is 22.2 Å². The Hall–Kier alpha value is -1.87. The SMILES string of the molecule is N#Cc1cnn(-c2nccs2)c1N. The second-order valence-electron chi connectivity index (χ2n) is 2.28. The van der Waals surface area contributed by atoms with Gasteiger partial charge in [0.15, 0.2) is 0 Å². The van der Waals surface area contributed by atoms with Gasteiger partial charge in [-0.15, -0.1) is 11.3 Å². The summed E-state index contributed by atoms with van der Waals surface area (Å²) < 4.78 is 1.45. The van der Waals surface area contributed by atoms with Crippen molar-refractivity contribution in [2.24, 2.45) is 0 Å². The molecule has 64 valence electrons. The molecular weight excluding hydrogens is 186 g/mol. The van der Waals surface area contributed by atoms with Gasteiger partial charge < -0.3 is 5.73 Å². The van der Waals surface area contributed by atoms with E-state index in [0.29, 0.717) is 16.5 Å². The first-order valence-corrected chi connectivity index (χ1v) is 4.34. The zero-order valence-corrected chi connectivity index (χ0v) is 7.32. The summed E-state index contributed by atoms with van der Waals surface area (Å²) in [5.41, 5.74) is 6.02. The van der Waals surface area contributed by atoms with Crippen molar-refractivity contribution in [3.05, 3.63) is 23.3 Å². The van der Waals surface area contributed by atoms with E-state index in [0.717, 1.165) is 0 Å². The molecule has 0 bridgehead atoms. The van der Waals surface area contributed by atoms with E-state index in [2.05, 4.69) is 10.1 Å². The van der Waals surface area contributed by atoms with Gasteiger partial charge >= 0.3 is 0 Å². The molecule has 6 heteroatoms. The van der Waals surface area contributed by atoms with E-state index in [1.54, 1.807) is 6.20 Å². The summed E-state index contributed by atoms with van der Waals surface area (Å²) in [4.78, 5) is 4.02. The third kappa shape index (κ3) is 1.15. The van der Waals surface area contributed by atoms with Crippen LogP contribution >= 0.6 is 11.3 Å². The number of nitriles is 1. The number of nitrogens with two attached hydrogens (primary N) is 1. The average molecular weight is 191 g/mol. The van der Waals surface area contributed by atoms with Crippen molar-refractivity contribution >= 4 is 17.2 Å². The quantitative estimate of drug-likeness (QED) is 0.722. The molecule has 0 unspecified atom stereocenters. The molecule has 0 aromatic carbocycles. The molecule has 0 spiro atoms. The minimum absolute atomic E-state index is 0.331. The fraction of sp³-hybridized carbons (Fsp3) is 0. The molecule has 0 amide bonds. The molecule has 5 nitrogen and oxygen atoms in total. The minimum Gasteiger partial charge on any atom is -0.382 e. The van der Waals surface area contributed by atoms with Crippen molar-refractivity contribution in [3.8, 4) is 11.2 Å². The van der Waals surface area contributed by atoms with Crippen LogP contribution < -0.4 is 5.73 Å². The number of nitrogen functional groups attached to an aromatic ring is 1. The molecule has 2 N–H and O–H groups in total. The summed E-state index contributed by atoms with van der Waals surface area (Å²) in [6, 6.07) is 1.95. The Morgan fingerprint density at radius 2 is 2.46 bits per heavy atom. The molecular formula is C7H5N5S. The lowest BCUT2D eigenvalue weighted by Gasteiger charge is -1.96. The highest BCUT2D eigenvalue weighted by Gasteiger charge is 2.09. The summed E-state index contributed by atoms with van der Waals surface area (Å²) in [5, 5.41) is 15.1. The lowest BCUT2D eigenvalue weighted by molar-refractivity contribution is 0.880. The van der Waals surface area contributed by atoms with E-state index in [-0.39, 0.29) is 0 Å². The van der Waals surface area contributed by atoms with Gasteiger partial charge in [0.05, 0.1) is 6.20 Å². The van der Waals surface area contributed by atoms with Gasteiger partial charge in [0.25, 0.3) is 0 Å².